The van der Waals surface area contributed by atoms with Crippen LogP contribution < -0.4 is 9.46 Å². The summed E-state index contributed by atoms with van der Waals surface area (Å²) in [6.07, 6.45) is 0. The summed E-state index contributed by atoms with van der Waals surface area (Å²) in [5.74, 6) is -0.671. The van der Waals surface area contributed by atoms with Gasteiger partial charge in [-0.1, -0.05) is 17.7 Å². The number of rotatable bonds is 5. The SMILES string of the molecule is CCOc1ccc(S(=O)(=O)Nc2ccc(C)cc2)cc1F. The molecule has 0 aromatic heterocycles. The Labute approximate surface area is 123 Å². The van der Waals surface area contributed by atoms with Crippen molar-refractivity contribution in [1.29, 1.82) is 0 Å². The summed E-state index contributed by atoms with van der Waals surface area (Å²) < 4.78 is 45.6. The standard InChI is InChI=1S/C15H16FNO3S/c1-3-20-15-9-8-13(10-14(15)16)21(18,19)17-12-6-4-11(2)5-7-12/h4-10,17H,3H2,1-2H3. The van der Waals surface area contributed by atoms with Gasteiger partial charge in [0.2, 0.25) is 0 Å². The summed E-state index contributed by atoms with van der Waals surface area (Å²) in [5, 5.41) is 0. The molecule has 0 amide bonds. The Morgan fingerprint density at radius 2 is 1.81 bits per heavy atom. The van der Waals surface area contributed by atoms with Crippen LogP contribution in [0.25, 0.3) is 0 Å². The molecular weight excluding hydrogens is 293 g/mol. The molecule has 2 aromatic rings. The van der Waals surface area contributed by atoms with Gasteiger partial charge in [-0.2, -0.15) is 0 Å². The van der Waals surface area contributed by atoms with Gasteiger partial charge in [0.1, 0.15) is 0 Å². The highest BCUT2D eigenvalue weighted by Crippen LogP contribution is 2.23. The molecule has 0 aliphatic carbocycles. The van der Waals surface area contributed by atoms with Crippen molar-refractivity contribution >= 4 is 15.7 Å². The van der Waals surface area contributed by atoms with Crippen LogP contribution in [0, 0.1) is 12.7 Å². The molecule has 0 bridgehead atoms. The third-order valence-electron chi connectivity index (χ3n) is 2.82. The Morgan fingerprint density at radius 1 is 1.14 bits per heavy atom. The van der Waals surface area contributed by atoms with Crippen LogP contribution in [-0.2, 0) is 10.0 Å². The fourth-order valence-electron chi connectivity index (χ4n) is 1.76. The van der Waals surface area contributed by atoms with Gasteiger partial charge in [-0.05, 0) is 44.2 Å². The zero-order valence-corrected chi connectivity index (χ0v) is 12.6. The first-order valence-corrected chi connectivity index (χ1v) is 7.92. The van der Waals surface area contributed by atoms with Gasteiger partial charge >= 0.3 is 0 Å². The van der Waals surface area contributed by atoms with Gasteiger partial charge in [-0.25, -0.2) is 12.8 Å². The molecule has 1 N–H and O–H groups in total. The number of hydrogen-bond acceptors (Lipinski definition) is 3. The van der Waals surface area contributed by atoms with Crippen LogP contribution >= 0.6 is 0 Å². The van der Waals surface area contributed by atoms with E-state index in [2.05, 4.69) is 4.72 Å². The molecule has 0 unspecified atom stereocenters. The normalized spacial score (nSPS) is 11.2. The van der Waals surface area contributed by atoms with Gasteiger partial charge < -0.3 is 4.74 Å². The second-order valence-electron chi connectivity index (χ2n) is 4.50. The predicted octanol–water partition coefficient (Wildman–Crippen LogP) is 3.33. The van der Waals surface area contributed by atoms with Crippen LogP contribution in [0.4, 0.5) is 10.1 Å². The number of ether oxygens (including phenoxy) is 1. The average molecular weight is 309 g/mol. The Hall–Kier alpha value is -2.08. The minimum atomic E-state index is -3.83. The summed E-state index contributed by atoms with van der Waals surface area (Å²) in [6, 6.07) is 10.4. The number of halogens is 1. The minimum absolute atomic E-state index is 0.0341. The summed E-state index contributed by atoms with van der Waals surface area (Å²) in [7, 11) is -3.83. The van der Waals surface area contributed by atoms with Crippen molar-refractivity contribution in [3.8, 4) is 5.75 Å². The van der Waals surface area contributed by atoms with E-state index >= 15 is 0 Å². The van der Waals surface area contributed by atoms with E-state index < -0.39 is 15.8 Å². The molecule has 0 radical (unpaired) electrons. The lowest BCUT2D eigenvalue weighted by atomic mass is 10.2. The molecule has 0 aliphatic rings. The van der Waals surface area contributed by atoms with E-state index in [1.165, 1.54) is 12.1 Å². The van der Waals surface area contributed by atoms with Crippen molar-refractivity contribution in [2.45, 2.75) is 18.7 Å². The van der Waals surface area contributed by atoms with Gasteiger partial charge in [0, 0.05) is 5.69 Å². The van der Waals surface area contributed by atoms with Crippen LogP contribution in [0.2, 0.25) is 0 Å². The van der Waals surface area contributed by atoms with E-state index in [9.17, 15) is 12.8 Å². The maximum atomic E-state index is 13.7. The van der Waals surface area contributed by atoms with Gasteiger partial charge in [-0.3, -0.25) is 4.72 Å². The van der Waals surface area contributed by atoms with Crippen LogP contribution in [0.3, 0.4) is 0 Å². The molecule has 2 aromatic carbocycles. The highest BCUT2D eigenvalue weighted by Gasteiger charge is 2.16. The molecule has 112 valence electrons. The van der Waals surface area contributed by atoms with Crippen molar-refractivity contribution in [3.63, 3.8) is 0 Å². The Bertz CT molecular complexity index is 727. The fraction of sp³-hybridized carbons (Fsp3) is 0.200. The van der Waals surface area contributed by atoms with Gasteiger partial charge in [-0.15, -0.1) is 0 Å². The van der Waals surface area contributed by atoms with Crippen LogP contribution in [-0.4, -0.2) is 15.0 Å². The number of anilines is 1. The summed E-state index contributed by atoms with van der Waals surface area (Å²) in [6.45, 7) is 3.94. The maximum Gasteiger partial charge on any atom is 0.262 e. The lowest BCUT2D eigenvalue weighted by Gasteiger charge is -2.10. The smallest absolute Gasteiger partial charge is 0.262 e. The fourth-order valence-corrected chi connectivity index (χ4v) is 2.83. The molecule has 0 saturated heterocycles. The van der Waals surface area contributed by atoms with E-state index in [0.29, 0.717) is 12.3 Å². The van der Waals surface area contributed by atoms with Gasteiger partial charge in [0.25, 0.3) is 10.0 Å². The molecule has 4 nitrogen and oxygen atoms in total. The second-order valence-corrected chi connectivity index (χ2v) is 6.18. The van der Waals surface area contributed by atoms with E-state index in [0.717, 1.165) is 11.6 Å². The zero-order chi connectivity index (χ0) is 15.5. The number of benzene rings is 2. The average Bonchev–Trinajstić information content (AvgIpc) is 2.43. The summed E-state index contributed by atoms with van der Waals surface area (Å²) in [5.41, 5.74) is 1.44. The van der Waals surface area contributed by atoms with Crippen molar-refractivity contribution in [1.82, 2.24) is 0 Å². The minimum Gasteiger partial charge on any atom is -0.491 e. The van der Waals surface area contributed by atoms with Crippen LogP contribution in [0.15, 0.2) is 47.4 Å². The molecule has 0 heterocycles. The monoisotopic (exact) mass is 309 g/mol. The van der Waals surface area contributed by atoms with Crippen molar-refractivity contribution < 1.29 is 17.5 Å². The highest BCUT2D eigenvalue weighted by molar-refractivity contribution is 7.92. The molecular formula is C15H16FNO3S. The zero-order valence-electron chi connectivity index (χ0n) is 11.8. The molecule has 21 heavy (non-hydrogen) atoms. The number of nitrogens with one attached hydrogen (secondary N) is 1. The van der Waals surface area contributed by atoms with E-state index in [4.69, 9.17) is 4.74 Å². The van der Waals surface area contributed by atoms with Crippen molar-refractivity contribution in [2.24, 2.45) is 0 Å². The van der Waals surface area contributed by atoms with E-state index in [1.54, 1.807) is 31.2 Å². The number of aryl methyl sites for hydroxylation is 1. The van der Waals surface area contributed by atoms with E-state index in [1.807, 2.05) is 6.92 Å². The lowest BCUT2D eigenvalue weighted by Crippen LogP contribution is -2.13. The molecule has 0 aliphatic heterocycles. The first-order valence-electron chi connectivity index (χ1n) is 6.44. The molecule has 0 saturated carbocycles. The molecule has 0 fully saturated rings. The largest absolute Gasteiger partial charge is 0.491 e. The predicted molar refractivity (Wildman–Crippen MR) is 79.6 cm³/mol. The quantitative estimate of drug-likeness (QED) is 0.921. The van der Waals surface area contributed by atoms with Gasteiger partial charge in [0.15, 0.2) is 11.6 Å². The third kappa shape index (κ3) is 3.72. The van der Waals surface area contributed by atoms with E-state index in [-0.39, 0.29) is 10.6 Å². The molecule has 6 heteroatoms. The van der Waals surface area contributed by atoms with Crippen LogP contribution in [0.5, 0.6) is 5.75 Å². The molecule has 2 rings (SSSR count). The topological polar surface area (TPSA) is 55.4 Å². The Balaban J connectivity index is 2.27. The number of hydrogen-bond donors (Lipinski definition) is 1. The van der Waals surface area contributed by atoms with Crippen LogP contribution in [0.1, 0.15) is 12.5 Å². The Morgan fingerprint density at radius 3 is 2.38 bits per heavy atom. The van der Waals surface area contributed by atoms with Crippen molar-refractivity contribution in [3.05, 3.63) is 53.8 Å². The second kappa shape index (κ2) is 6.13. The lowest BCUT2D eigenvalue weighted by molar-refractivity contribution is 0.321. The first-order chi connectivity index (χ1) is 9.92. The first kappa shape index (κ1) is 15.3. The molecule has 0 spiro atoms. The maximum absolute atomic E-state index is 13.7. The highest BCUT2D eigenvalue weighted by atomic mass is 32.2. The summed E-state index contributed by atoms with van der Waals surface area (Å²) in [4.78, 5) is -0.149. The van der Waals surface area contributed by atoms with Crippen molar-refractivity contribution in [2.75, 3.05) is 11.3 Å². The number of sulfonamides is 1. The van der Waals surface area contributed by atoms with Gasteiger partial charge in [0.05, 0.1) is 11.5 Å². The third-order valence-corrected chi connectivity index (χ3v) is 4.20. The Kier molecular flexibility index (Phi) is 4.47. The summed E-state index contributed by atoms with van der Waals surface area (Å²) >= 11 is 0. The molecule has 0 atom stereocenters.